The monoisotopic (exact) mass is 135 g/mol. The molecule has 0 atom stereocenters. The standard InChI is InChI=1S/C7H5NS/c1-2-4-7-6(3-1)8-5-9-7/h1-4,9H. The summed E-state index contributed by atoms with van der Waals surface area (Å²) in [6.45, 7) is 0. The summed E-state index contributed by atoms with van der Waals surface area (Å²) in [5.74, 6) is 0. The van der Waals surface area contributed by atoms with Gasteiger partial charge in [0.1, 0.15) is 0 Å². The van der Waals surface area contributed by atoms with Crippen LogP contribution < -0.4 is 0 Å². The molecule has 0 aromatic heterocycles. The van der Waals surface area contributed by atoms with Gasteiger partial charge < -0.3 is 0 Å². The molecule has 0 unspecified atom stereocenters. The van der Waals surface area contributed by atoms with Crippen molar-refractivity contribution in [1.29, 1.82) is 0 Å². The van der Waals surface area contributed by atoms with Gasteiger partial charge in [-0.1, -0.05) is 12.1 Å². The lowest BCUT2D eigenvalue weighted by Crippen LogP contribution is -1.61. The van der Waals surface area contributed by atoms with E-state index < -0.39 is 0 Å². The van der Waals surface area contributed by atoms with Crippen molar-refractivity contribution in [3.05, 3.63) is 24.3 Å². The highest BCUT2D eigenvalue weighted by Crippen LogP contribution is 2.27. The maximum absolute atomic E-state index is 4.04. The van der Waals surface area contributed by atoms with Gasteiger partial charge in [-0.2, -0.15) is 4.99 Å². The predicted octanol–water partition coefficient (Wildman–Crippen LogP) is 2.06. The largest absolute Gasteiger partial charge is 0.199 e. The summed E-state index contributed by atoms with van der Waals surface area (Å²) >= 11 is 1.11. The van der Waals surface area contributed by atoms with Gasteiger partial charge in [-0.05, 0) is 12.1 Å². The molecule has 1 heterocycles. The lowest BCUT2D eigenvalue weighted by molar-refractivity contribution is 1.41. The van der Waals surface area contributed by atoms with E-state index in [1.807, 2.05) is 18.2 Å². The number of fused-ring (bicyclic) bond motifs is 1. The van der Waals surface area contributed by atoms with Gasteiger partial charge >= 0.3 is 0 Å². The first-order valence-electron chi connectivity index (χ1n) is 2.72. The normalized spacial score (nSPS) is 12.9. The second kappa shape index (κ2) is 1.83. The van der Waals surface area contributed by atoms with Crippen LogP contribution >= 0.6 is 11.4 Å². The Morgan fingerprint density at radius 2 is 2.22 bits per heavy atom. The average Bonchev–Trinajstić information content (AvgIpc) is 2.33. The van der Waals surface area contributed by atoms with E-state index in [4.69, 9.17) is 0 Å². The van der Waals surface area contributed by atoms with E-state index in [9.17, 15) is 0 Å². The van der Waals surface area contributed by atoms with E-state index in [1.165, 1.54) is 4.90 Å². The molecule has 0 N–H and O–H groups in total. The molecule has 0 amide bonds. The fourth-order valence-corrected chi connectivity index (χ4v) is 1.45. The average molecular weight is 135 g/mol. The molecule has 0 fully saturated rings. The van der Waals surface area contributed by atoms with E-state index in [1.54, 1.807) is 0 Å². The molecule has 1 nitrogen and oxygen atoms in total. The Morgan fingerprint density at radius 1 is 1.33 bits per heavy atom. The fourth-order valence-electron chi connectivity index (χ4n) is 0.786. The van der Waals surface area contributed by atoms with Crippen molar-refractivity contribution in [2.24, 2.45) is 4.99 Å². The summed E-state index contributed by atoms with van der Waals surface area (Å²) in [6.07, 6.45) is 0. The Hall–Kier alpha value is -0.850. The van der Waals surface area contributed by atoms with Crippen LogP contribution in [0.5, 0.6) is 0 Å². The predicted molar refractivity (Wildman–Crippen MR) is 40.8 cm³/mol. The zero-order valence-corrected chi connectivity index (χ0v) is 5.60. The van der Waals surface area contributed by atoms with Crippen LogP contribution in [0.1, 0.15) is 0 Å². The first kappa shape index (κ1) is 4.98. The number of thiol groups is 1. The third-order valence-electron chi connectivity index (χ3n) is 1.22. The minimum absolute atomic E-state index is 1.07. The Bertz CT molecular complexity index is 271. The Kier molecular flexibility index (Phi) is 1.01. The topological polar surface area (TPSA) is 12.4 Å². The van der Waals surface area contributed by atoms with Crippen molar-refractivity contribution in [3.8, 4) is 0 Å². The molecule has 0 radical (unpaired) electrons. The SMILES string of the molecule is C1=Nc2ccccc2[SH]=1. The number of hydrogen-bond acceptors (Lipinski definition) is 1. The van der Waals surface area contributed by atoms with Crippen LogP contribution in [0.4, 0.5) is 5.69 Å². The van der Waals surface area contributed by atoms with Crippen LogP contribution in [-0.2, 0) is 0 Å². The lowest BCUT2D eigenvalue weighted by atomic mass is 10.3. The van der Waals surface area contributed by atoms with Gasteiger partial charge in [0.25, 0.3) is 0 Å². The highest BCUT2D eigenvalue weighted by atomic mass is 32.1. The van der Waals surface area contributed by atoms with Crippen molar-refractivity contribution in [1.82, 2.24) is 0 Å². The fraction of sp³-hybridized carbons (Fsp3) is 0. The molecule has 1 aliphatic heterocycles. The molecule has 2 heteroatoms. The summed E-state index contributed by atoms with van der Waals surface area (Å²) in [5.41, 5.74) is 1.07. The van der Waals surface area contributed by atoms with Crippen LogP contribution in [0.3, 0.4) is 0 Å². The van der Waals surface area contributed by atoms with Crippen LogP contribution in [0.25, 0.3) is 0 Å². The van der Waals surface area contributed by atoms with Gasteiger partial charge in [-0.3, -0.25) is 0 Å². The minimum Gasteiger partial charge on any atom is -0.199 e. The third kappa shape index (κ3) is 0.727. The van der Waals surface area contributed by atoms with E-state index in [0.717, 1.165) is 17.0 Å². The number of rotatable bonds is 0. The summed E-state index contributed by atoms with van der Waals surface area (Å²) in [6, 6.07) is 8.09. The highest BCUT2D eigenvalue weighted by Gasteiger charge is 1.97. The molecule has 1 aromatic rings. The van der Waals surface area contributed by atoms with Crippen molar-refractivity contribution in [2.45, 2.75) is 4.90 Å². The van der Waals surface area contributed by atoms with E-state index in [-0.39, 0.29) is 0 Å². The van der Waals surface area contributed by atoms with Crippen molar-refractivity contribution >= 4 is 22.2 Å². The zero-order chi connectivity index (χ0) is 6.10. The number of benzene rings is 1. The van der Waals surface area contributed by atoms with Gasteiger partial charge in [0, 0.05) is 10.1 Å². The molecule has 1 aliphatic rings. The zero-order valence-electron chi connectivity index (χ0n) is 4.70. The summed E-state index contributed by atoms with van der Waals surface area (Å²) in [7, 11) is 0. The minimum atomic E-state index is 1.07. The maximum atomic E-state index is 4.04. The number of hydrogen-bond donors (Lipinski definition) is 1. The summed E-state index contributed by atoms with van der Waals surface area (Å²) in [5, 5.41) is 2.88. The van der Waals surface area contributed by atoms with Gasteiger partial charge in [-0.15, -0.1) is 11.4 Å². The number of para-hydroxylation sites is 1. The summed E-state index contributed by atoms with van der Waals surface area (Å²) < 4.78 is 0. The maximum Gasteiger partial charge on any atom is 0.0870 e. The molecule has 2 rings (SSSR count). The lowest BCUT2D eigenvalue weighted by Gasteiger charge is -1.89. The first-order chi connectivity index (χ1) is 4.47. The van der Waals surface area contributed by atoms with Crippen LogP contribution in [0.2, 0.25) is 0 Å². The third-order valence-corrected chi connectivity index (χ3v) is 2.04. The second-order valence-electron chi connectivity index (χ2n) is 1.81. The molecule has 1 aromatic carbocycles. The number of isothiocyanates is 1. The molecule has 44 valence electrons. The van der Waals surface area contributed by atoms with Gasteiger partial charge in [0.05, 0.1) is 5.69 Å². The van der Waals surface area contributed by atoms with Crippen LogP contribution in [0.15, 0.2) is 34.2 Å². The summed E-state index contributed by atoms with van der Waals surface area (Å²) in [4.78, 5) is 5.30. The number of nitrogens with zero attached hydrogens (tertiary/aromatic N) is 1. The van der Waals surface area contributed by atoms with E-state index >= 15 is 0 Å². The Morgan fingerprint density at radius 3 is 3.11 bits per heavy atom. The quantitative estimate of drug-likeness (QED) is 0.419. The molecule has 0 spiro atoms. The van der Waals surface area contributed by atoms with E-state index in [2.05, 4.69) is 16.2 Å². The molecular weight excluding hydrogens is 130 g/mol. The molecule has 0 aliphatic carbocycles. The smallest absolute Gasteiger partial charge is 0.0870 e. The molecule has 9 heavy (non-hydrogen) atoms. The number of aliphatic imine (C=N–C) groups is 1. The van der Waals surface area contributed by atoms with Crippen molar-refractivity contribution < 1.29 is 0 Å². The van der Waals surface area contributed by atoms with Crippen molar-refractivity contribution in [2.75, 3.05) is 0 Å². The Labute approximate surface area is 57.0 Å². The molecular formula is C7H5NS. The first-order valence-corrected chi connectivity index (χ1v) is 3.62. The van der Waals surface area contributed by atoms with Gasteiger partial charge in [0.15, 0.2) is 0 Å². The Balaban J connectivity index is 2.72. The van der Waals surface area contributed by atoms with Crippen molar-refractivity contribution in [3.63, 3.8) is 0 Å². The van der Waals surface area contributed by atoms with Gasteiger partial charge in [0.2, 0.25) is 0 Å². The van der Waals surface area contributed by atoms with Crippen LogP contribution in [-0.4, -0.2) is 5.16 Å². The van der Waals surface area contributed by atoms with Gasteiger partial charge in [-0.25, -0.2) is 0 Å². The molecule has 0 saturated heterocycles. The molecule has 0 saturated carbocycles. The highest BCUT2D eigenvalue weighted by molar-refractivity contribution is 7.97. The second-order valence-corrected chi connectivity index (χ2v) is 2.72. The van der Waals surface area contributed by atoms with Crippen LogP contribution in [0, 0.1) is 0 Å². The molecule has 0 bridgehead atoms. The van der Waals surface area contributed by atoms with E-state index in [0.29, 0.717) is 0 Å².